The van der Waals surface area contributed by atoms with Gasteiger partial charge in [0.15, 0.2) is 5.78 Å². The van der Waals surface area contributed by atoms with Crippen molar-refractivity contribution < 1.29 is 22.7 Å². The van der Waals surface area contributed by atoms with Gasteiger partial charge in [-0.1, -0.05) is 0 Å². The number of thioether (sulfide) groups is 1. The zero-order chi connectivity index (χ0) is 14.1. The van der Waals surface area contributed by atoms with Crippen molar-refractivity contribution in [1.29, 1.82) is 0 Å². The summed E-state index contributed by atoms with van der Waals surface area (Å²) in [4.78, 5) is 12.3. The Bertz CT molecular complexity index is 462. The number of benzene rings is 1. The lowest BCUT2D eigenvalue weighted by Crippen LogP contribution is -2.28. The van der Waals surface area contributed by atoms with Gasteiger partial charge in [0.2, 0.25) is 0 Å². The van der Waals surface area contributed by atoms with Gasteiger partial charge in [0.05, 0.1) is 4.75 Å². The van der Waals surface area contributed by atoms with Crippen molar-refractivity contribution in [2.75, 3.05) is 5.75 Å². The molecule has 2 rings (SSSR count). The maximum Gasteiger partial charge on any atom is 0.573 e. The highest BCUT2D eigenvalue weighted by atomic mass is 32.2. The number of Topliss-reactive ketones (excluding diaryl/α,β-unsaturated/α-hetero) is 1. The third-order valence-corrected chi connectivity index (χ3v) is 4.57. The fourth-order valence-corrected chi connectivity index (χ4v) is 3.35. The van der Waals surface area contributed by atoms with E-state index < -0.39 is 11.1 Å². The molecular formula is C13H13F3O2S. The van der Waals surface area contributed by atoms with Crippen LogP contribution in [0.2, 0.25) is 0 Å². The molecule has 1 saturated heterocycles. The second kappa shape index (κ2) is 5.07. The quantitative estimate of drug-likeness (QED) is 0.785. The molecule has 0 aromatic heterocycles. The molecular weight excluding hydrogens is 277 g/mol. The molecule has 0 saturated carbocycles. The highest BCUT2D eigenvalue weighted by molar-refractivity contribution is 8.01. The van der Waals surface area contributed by atoms with Gasteiger partial charge in [-0.05, 0) is 49.8 Å². The molecule has 1 aromatic carbocycles. The monoisotopic (exact) mass is 290 g/mol. The molecule has 1 unspecified atom stereocenters. The van der Waals surface area contributed by atoms with Gasteiger partial charge in [0.25, 0.3) is 0 Å². The molecule has 1 aromatic rings. The first kappa shape index (κ1) is 14.2. The van der Waals surface area contributed by atoms with Crippen LogP contribution in [0.4, 0.5) is 13.2 Å². The Morgan fingerprint density at radius 1 is 1.32 bits per heavy atom. The lowest BCUT2D eigenvalue weighted by molar-refractivity contribution is -0.274. The topological polar surface area (TPSA) is 26.3 Å². The first-order valence-corrected chi connectivity index (χ1v) is 6.83. The second-order valence-electron chi connectivity index (χ2n) is 4.58. The summed E-state index contributed by atoms with van der Waals surface area (Å²) in [6, 6.07) is 5.11. The van der Waals surface area contributed by atoms with Crippen LogP contribution >= 0.6 is 11.8 Å². The van der Waals surface area contributed by atoms with Crippen LogP contribution in [0.15, 0.2) is 24.3 Å². The van der Waals surface area contributed by atoms with Crippen LogP contribution < -0.4 is 4.74 Å². The Morgan fingerprint density at radius 2 is 1.95 bits per heavy atom. The molecule has 0 aliphatic carbocycles. The van der Waals surface area contributed by atoms with E-state index in [1.165, 1.54) is 24.3 Å². The Morgan fingerprint density at radius 3 is 2.42 bits per heavy atom. The van der Waals surface area contributed by atoms with E-state index in [0.29, 0.717) is 5.56 Å². The largest absolute Gasteiger partial charge is 0.573 e. The fourth-order valence-electron chi connectivity index (χ4n) is 2.07. The number of hydrogen-bond donors (Lipinski definition) is 0. The summed E-state index contributed by atoms with van der Waals surface area (Å²) < 4.78 is 39.4. The number of ether oxygens (including phenoxy) is 1. The lowest BCUT2D eigenvalue weighted by Gasteiger charge is -2.21. The van der Waals surface area contributed by atoms with E-state index in [2.05, 4.69) is 4.74 Å². The highest BCUT2D eigenvalue weighted by Crippen LogP contribution is 2.40. The number of hydrogen-bond acceptors (Lipinski definition) is 3. The summed E-state index contributed by atoms with van der Waals surface area (Å²) in [7, 11) is 0. The van der Waals surface area contributed by atoms with Crippen LogP contribution in [0.3, 0.4) is 0 Å². The molecule has 0 N–H and O–H groups in total. The molecule has 2 nitrogen and oxygen atoms in total. The normalized spacial score (nSPS) is 23.4. The summed E-state index contributed by atoms with van der Waals surface area (Å²) in [5.41, 5.74) is 0.423. The molecule has 1 aliphatic rings. The average Bonchev–Trinajstić information content (AvgIpc) is 2.75. The molecule has 6 heteroatoms. The van der Waals surface area contributed by atoms with Gasteiger partial charge in [-0.25, -0.2) is 0 Å². The third-order valence-electron chi connectivity index (χ3n) is 3.05. The maximum absolute atomic E-state index is 12.3. The summed E-state index contributed by atoms with van der Waals surface area (Å²) in [6.07, 6.45) is -2.92. The summed E-state index contributed by atoms with van der Waals surface area (Å²) >= 11 is 1.60. The van der Waals surface area contributed by atoms with Gasteiger partial charge in [-0.3, -0.25) is 4.79 Å². The number of ketones is 1. The summed E-state index contributed by atoms with van der Waals surface area (Å²) in [5.74, 6) is 0.596. The van der Waals surface area contributed by atoms with Crippen LogP contribution in [0.1, 0.15) is 30.1 Å². The Hall–Kier alpha value is -1.17. The van der Waals surface area contributed by atoms with E-state index in [0.717, 1.165) is 18.6 Å². The Kier molecular flexibility index (Phi) is 3.80. The molecule has 0 amide bonds. The summed E-state index contributed by atoms with van der Waals surface area (Å²) in [5, 5.41) is 0. The van der Waals surface area contributed by atoms with Gasteiger partial charge in [0, 0.05) is 5.56 Å². The predicted molar refractivity (Wildman–Crippen MR) is 67.6 cm³/mol. The van der Waals surface area contributed by atoms with E-state index in [1.807, 2.05) is 6.92 Å². The minimum atomic E-state index is -4.71. The molecule has 1 atom stereocenters. The second-order valence-corrected chi connectivity index (χ2v) is 6.18. The zero-order valence-corrected chi connectivity index (χ0v) is 11.1. The van der Waals surface area contributed by atoms with Crippen molar-refractivity contribution in [3.05, 3.63) is 29.8 Å². The van der Waals surface area contributed by atoms with Gasteiger partial charge in [0.1, 0.15) is 5.75 Å². The van der Waals surface area contributed by atoms with Gasteiger partial charge in [-0.2, -0.15) is 0 Å². The minimum absolute atomic E-state index is 0.0337. The first-order chi connectivity index (χ1) is 8.80. The summed E-state index contributed by atoms with van der Waals surface area (Å²) in [6.45, 7) is 1.88. The van der Waals surface area contributed by atoms with Gasteiger partial charge in [-0.15, -0.1) is 24.9 Å². The van der Waals surface area contributed by atoms with Crippen LogP contribution in [0.5, 0.6) is 5.75 Å². The predicted octanol–water partition coefficient (Wildman–Crippen LogP) is 4.05. The molecule has 104 valence electrons. The molecule has 1 fully saturated rings. The molecule has 1 aliphatic heterocycles. The van der Waals surface area contributed by atoms with E-state index in [-0.39, 0.29) is 11.5 Å². The fraction of sp³-hybridized carbons (Fsp3) is 0.462. The van der Waals surface area contributed by atoms with Crippen LogP contribution in [-0.4, -0.2) is 22.6 Å². The van der Waals surface area contributed by atoms with Crippen molar-refractivity contribution in [2.24, 2.45) is 0 Å². The number of alkyl halides is 3. The number of carbonyl (C=O) groups is 1. The molecule has 0 bridgehead atoms. The number of carbonyl (C=O) groups excluding carboxylic acids is 1. The van der Waals surface area contributed by atoms with Gasteiger partial charge >= 0.3 is 6.36 Å². The number of rotatable bonds is 3. The van der Waals surface area contributed by atoms with Crippen molar-refractivity contribution in [1.82, 2.24) is 0 Å². The van der Waals surface area contributed by atoms with Crippen molar-refractivity contribution in [2.45, 2.75) is 30.9 Å². The SMILES string of the molecule is CC1(C(=O)c2ccc(OC(F)(F)F)cc2)CCCS1. The third kappa shape index (κ3) is 3.43. The standard InChI is InChI=1S/C13H13F3O2S/c1-12(7-2-8-19-12)11(17)9-3-5-10(6-4-9)18-13(14,15)16/h3-6H,2,7-8H2,1H3. The van der Waals surface area contributed by atoms with E-state index in [1.54, 1.807) is 11.8 Å². The average molecular weight is 290 g/mol. The molecule has 19 heavy (non-hydrogen) atoms. The van der Waals surface area contributed by atoms with E-state index in [4.69, 9.17) is 0 Å². The molecule has 1 heterocycles. The molecule has 0 radical (unpaired) electrons. The van der Waals surface area contributed by atoms with Crippen LogP contribution in [-0.2, 0) is 0 Å². The van der Waals surface area contributed by atoms with Crippen LogP contribution in [0.25, 0.3) is 0 Å². The lowest BCUT2D eigenvalue weighted by atomic mass is 9.95. The minimum Gasteiger partial charge on any atom is -0.406 e. The maximum atomic E-state index is 12.3. The highest BCUT2D eigenvalue weighted by Gasteiger charge is 2.37. The van der Waals surface area contributed by atoms with Crippen molar-refractivity contribution >= 4 is 17.5 Å². The zero-order valence-electron chi connectivity index (χ0n) is 10.3. The Balaban J connectivity index is 2.12. The number of halogens is 3. The van der Waals surface area contributed by atoms with E-state index >= 15 is 0 Å². The van der Waals surface area contributed by atoms with Crippen molar-refractivity contribution in [3.63, 3.8) is 0 Å². The molecule has 0 spiro atoms. The van der Waals surface area contributed by atoms with Crippen molar-refractivity contribution in [3.8, 4) is 5.75 Å². The first-order valence-electron chi connectivity index (χ1n) is 5.85. The van der Waals surface area contributed by atoms with Crippen LogP contribution in [0, 0.1) is 0 Å². The van der Waals surface area contributed by atoms with E-state index in [9.17, 15) is 18.0 Å². The smallest absolute Gasteiger partial charge is 0.406 e. The van der Waals surface area contributed by atoms with Gasteiger partial charge < -0.3 is 4.74 Å². The Labute approximate surface area is 113 Å².